The molecular formula is C16H19N3O. The van der Waals surface area contributed by atoms with Crippen molar-refractivity contribution in [2.45, 2.75) is 25.8 Å². The summed E-state index contributed by atoms with van der Waals surface area (Å²) in [6.07, 6.45) is 2.47. The van der Waals surface area contributed by atoms with Crippen LogP contribution in [-0.2, 0) is 18.4 Å². The molecule has 1 aromatic carbocycles. The van der Waals surface area contributed by atoms with E-state index in [0.717, 1.165) is 17.8 Å². The first-order valence-corrected chi connectivity index (χ1v) is 6.95. The van der Waals surface area contributed by atoms with Gasteiger partial charge in [0.05, 0.1) is 6.20 Å². The fourth-order valence-electron chi connectivity index (χ4n) is 2.78. The molecule has 3 rings (SSSR count). The predicted octanol–water partition coefficient (Wildman–Crippen LogP) is 2.24. The number of likely N-dealkylation sites (tertiary alicyclic amines) is 1. The molecule has 1 atom stereocenters. The number of aryl methyl sites for hydroxylation is 1. The molecule has 20 heavy (non-hydrogen) atoms. The molecule has 0 radical (unpaired) electrons. The standard InChI is InChI=1S/C16H19N3O/c1-12-15(9-17-18(12)2)11-19-10-14(8-16(19)20)13-6-4-3-5-7-13/h3-7,9,14H,8,10-11H2,1-2H3/t14-/m0/s1. The van der Waals surface area contributed by atoms with E-state index >= 15 is 0 Å². The third-order valence-corrected chi connectivity index (χ3v) is 4.18. The van der Waals surface area contributed by atoms with Gasteiger partial charge in [-0.2, -0.15) is 5.10 Å². The van der Waals surface area contributed by atoms with Gasteiger partial charge >= 0.3 is 0 Å². The van der Waals surface area contributed by atoms with E-state index in [2.05, 4.69) is 17.2 Å². The number of amides is 1. The molecule has 104 valence electrons. The SMILES string of the molecule is Cc1c(CN2C[C@@H](c3ccccc3)CC2=O)cnn1C. The molecule has 2 heterocycles. The molecule has 1 aromatic heterocycles. The van der Waals surface area contributed by atoms with E-state index in [1.54, 1.807) is 0 Å². The van der Waals surface area contributed by atoms with Gasteiger partial charge < -0.3 is 4.90 Å². The molecule has 2 aromatic rings. The van der Waals surface area contributed by atoms with E-state index < -0.39 is 0 Å². The molecule has 1 amide bonds. The van der Waals surface area contributed by atoms with Gasteiger partial charge in [-0.15, -0.1) is 0 Å². The number of rotatable bonds is 3. The van der Waals surface area contributed by atoms with Crippen molar-refractivity contribution >= 4 is 5.91 Å². The lowest BCUT2D eigenvalue weighted by Gasteiger charge is -2.16. The average molecular weight is 269 g/mol. The van der Waals surface area contributed by atoms with Crippen LogP contribution in [0.25, 0.3) is 0 Å². The minimum Gasteiger partial charge on any atom is -0.338 e. The second-order valence-electron chi connectivity index (χ2n) is 5.46. The first-order valence-electron chi connectivity index (χ1n) is 6.95. The maximum absolute atomic E-state index is 12.2. The Bertz CT molecular complexity index is 618. The van der Waals surface area contributed by atoms with Gasteiger partial charge in [0.2, 0.25) is 5.91 Å². The Hall–Kier alpha value is -2.10. The zero-order chi connectivity index (χ0) is 14.1. The largest absolute Gasteiger partial charge is 0.338 e. The van der Waals surface area contributed by atoms with Crippen LogP contribution in [0.4, 0.5) is 0 Å². The Balaban J connectivity index is 1.73. The Kier molecular flexibility index (Phi) is 3.30. The van der Waals surface area contributed by atoms with E-state index in [0.29, 0.717) is 18.9 Å². The summed E-state index contributed by atoms with van der Waals surface area (Å²) >= 11 is 0. The predicted molar refractivity (Wildman–Crippen MR) is 77.2 cm³/mol. The quantitative estimate of drug-likeness (QED) is 0.857. The minimum atomic E-state index is 0.238. The van der Waals surface area contributed by atoms with Crippen molar-refractivity contribution in [2.75, 3.05) is 6.54 Å². The molecule has 0 bridgehead atoms. The van der Waals surface area contributed by atoms with Crippen LogP contribution in [0.15, 0.2) is 36.5 Å². The van der Waals surface area contributed by atoms with Crippen molar-refractivity contribution in [3.63, 3.8) is 0 Å². The molecule has 0 spiro atoms. The van der Waals surface area contributed by atoms with Gasteiger partial charge in [0.15, 0.2) is 0 Å². The van der Waals surface area contributed by atoms with Crippen molar-refractivity contribution in [3.8, 4) is 0 Å². The summed E-state index contributed by atoms with van der Waals surface area (Å²) < 4.78 is 1.85. The smallest absolute Gasteiger partial charge is 0.223 e. The number of hydrogen-bond donors (Lipinski definition) is 0. The third kappa shape index (κ3) is 2.33. The normalized spacial score (nSPS) is 18.8. The van der Waals surface area contributed by atoms with Gasteiger partial charge in [-0.25, -0.2) is 0 Å². The fraction of sp³-hybridized carbons (Fsp3) is 0.375. The molecule has 4 heteroatoms. The lowest BCUT2D eigenvalue weighted by molar-refractivity contribution is -0.128. The summed E-state index contributed by atoms with van der Waals surface area (Å²) in [6.45, 7) is 3.51. The number of carbonyl (C=O) groups excluding carboxylic acids is 1. The van der Waals surface area contributed by atoms with Crippen LogP contribution in [0.5, 0.6) is 0 Å². The maximum Gasteiger partial charge on any atom is 0.223 e. The Morgan fingerprint density at radius 3 is 2.70 bits per heavy atom. The van der Waals surface area contributed by atoms with Gasteiger partial charge in [0.1, 0.15) is 0 Å². The lowest BCUT2D eigenvalue weighted by Crippen LogP contribution is -2.24. The van der Waals surface area contributed by atoms with Gasteiger partial charge in [0.25, 0.3) is 0 Å². The molecule has 0 saturated carbocycles. The topological polar surface area (TPSA) is 38.1 Å². The lowest BCUT2D eigenvalue weighted by atomic mass is 9.99. The Labute approximate surface area is 119 Å². The molecule has 0 unspecified atom stereocenters. The monoisotopic (exact) mass is 269 g/mol. The number of aromatic nitrogens is 2. The van der Waals surface area contributed by atoms with Gasteiger partial charge in [-0.1, -0.05) is 30.3 Å². The minimum absolute atomic E-state index is 0.238. The highest BCUT2D eigenvalue weighted by atomic mass is 16.2. The van der Waals surface area contributed by atoms with Crippen LogP contribution in [0, 0.1) is 6.92 Å². The molecule has 1 aliphatic heterocycles. The fourth-order valence-corrected chi connectivity index (χ4v) is 2.78. The number of carbonyl (C=O) groups is 1. The van der Waals surface area contributed by atoms with Crippen LogP contribution in [0.1, 0.15) is 29.2 Å². The zero-order valence-corrected chi connectivity index (χ0v) is 11.9. The van der Waals surface area contributed by atoms with Crippen LogP contribution >= 0.6 is 0 Å². The zero-order valence-electron chi connectivity index (χ0n) is 11.9. The Morgan fingerprint density at radius 2 is 2.05 bits per heavy atom. The summed E-state index contributed by atoms with van der Waals surface area (Å²) in [5.41, 5.74) is 3.52. The van der Waals surface area contributed by atoms with Gasteiger partial charge in [0, 0.05) is 43.7 Å². The Morgan fingerprint density at radius 1 is 1.30 bits per heavy atom. The molecular weight excluding hydrogens is 250 g/mol. The van der Waals surface area contributed by atoms with Crippen LogP contribution in [0.3, 0.4) is 0 Å². The molecule has 0 aliphatic carbocycles. The second kappa shape index (κ2) is 5.12. The summed E-state index contributed by atoms with van der Waals surface area (Å²) in [7, 11) is 1.93. The first kappa shape index (κ1) is 12.9. The number of hydrogen-bond acceptors (Lipinski definition) is 2. The van der Waals surface area contributed by atoms with Crippen molar-refractivity contribution in [2.24, 2.45) is 7.05 Å². The third-order valence-electron chi connectivity index (χ3n) is 4.18. The molecule has 1 aliphatic rings. The molecule has 4 nitrogen and oxygen atoms in total. The van der Waals surface area contributed by atoms with Crippen molar-refractivity contribution in [1.82, 2.24) is 14.7 Å². The highest BCUT2D eigenvalue weighted by Crippen LogP contribution is 2.29. The summed E-state index contributed by atoms with van der Waals surface area (Å²) in [4.78, 5) is 14.1. The van der Waals surface area contributed by atoms with E-state index in [9.17, 15) is 4.79 Å². The summed E-state index contributed by atoms with van der Waals surface area (Å²) in [5, 5.41) is 4.24. The highest BCUT2D eigenvalue weighted by Gasteiger charge is 2.30. The molecule has 1 fully saturated rings. The van der Waals surface area contributed by atoms with Gasteiger partial charge in [-0.05, 0) is 12.5 Å². The summed E-state index contributed by atoms with van der Waals surface area (Å²) in [6, 6.07) is 10.3. The maximum atomic E-state index is 12.2. The van der Waals surface area contributed by atoms with Crippen molar-refractivity contribution < 1.29 is 4.79 Å². The van der Waals surface area contributed by atoms with Crippen LogP contribution in [-0.4, -0.2) is 27.1 Å². The average Bonchev–Trinajstić information content (AvgIpc) is 2.98. The first-order chi connectivity index (χ1) is 9.65. The number of nitrogens with zero attached hydrogens (tertiary/aromatic N) is 3. The van der Waals surface area contributed by atoms with E-state index in [-0.39, 0.29) is 5.91 Å². The second-order valence-corrected chi connectivity index (χ2v) is 5.46. The summed E-state index contributed by atoms with van der Waals surface area (Å²) in [5.74, 6) is 0.558. The molecule has 0 N–H and O–H groups in total. The van der Waals surface area contributed by atoms with Crippen LogP contribution in [0.2, 0.25) is 0 Å². The molecule has 1 saturated heterocycles. The van der Waals surface area contributed by atoms with Crippen LogP contribution < -0.4 is 0 Å². The van der Waals surface area contributed by atoms with E-state index in [1.165, 1.54) is 5.56 Å². The van der Waals surface area contributed by atoms with Crippen molar-refractivity contribution in [3.05, 3.63) is 53.3 Å². The van der Waals surface area contributed by atoms with Gasteiger partial charge in [-0.3, -0.25) is 9.48 Å². The number of benzene rings is 1. The van der Waals surface area contributed by atoms with E-state index in [4.69, 9.17) is 0 Å². The van der Waals surface area contributed by atoms with Crippen molar-refractivity contribution in [1.29, 1.82) is 0 Å². The highest BCUT2D eigenvalue weighted by molar-refractivity contribution is 5.79. The van der Waals surface area contributed by atoms with E-state index in [1.807, 2.05) is 47.9 Å².